The van der Waals surface area contributed by atoms with E-state index in [1.54, 1.807) is 6.07 Å². The number of benzene rings is 3. The molecule has 0 aliphatic carbocycles. The van der Waals surface area contributed by atoms with Crippen molar-refractivity contribution in [3.05, 3.63) is 94.8 Å². The van der Waals surface area contributed by atoms with Crippen LogP contribution in [0.4, 0.5) is 11.4 Å². The fourth-order valence-corrected chi connectivity index (χ4v) is 4.54. The van der Waals surface area contributed by atoms with E-state index in [9.17, 15) is 4.79 Å². The van der Waals surface area contributed by atoms with Crippen molar-refractivity contribution in [2.75, 3.05) is 16.4 Å². The lowest BCUT2D eigenvalue weighted by atomic mass is 10.2. The van der Waals surface area contributed by atoms with Gasteiger partial charge in [0.2, 0.25) is 5.91 Å². The Kier molecular flexibility index (Phi) is 7.87. The Bertz CT molecular complexity index is 1280. The summed E-state index contributed by atoms with van der Waals surface area (Å²) in [6.07, 6.45) is 0.342. The van der Waals surface area contributed by atoms with E-state index in [1.165, 1.54) is 17.3 Å². The maximum Gasteiger partial charge on any atom is 0.225 e. The van der Waals surface area contributed by atoms with Gasteiger partial charge in [0.05, 0.1) is 6.54 Å². The SMILES string of the molecule is Cc1cccc(NCc2nnc(SCCC(=O)Nc3cc(Cl)ccc3C)n2-c2ccccc2)c1. The normalized spacial score (nSPS) is 10.8. The lowest BCUT2D eigenvalue weighted by Crippen LogP contribution is -2.13. The van der Waals surface area contributed by atoms with Crippen LogP contribution in [-0.4, -0.2) is 26.4 Å². The molecule has 4 aromatic rings. The van der Waals surface area contributed by atoms with Crippen LogP contribution in [0.25, 0.3) is 5.69 Å². The van der Waals surface area contributed by atoms with Crippen molar-refractivity contribution >= 4 is 40.6 Å². The standard InChI is InChI=1S/C26H26ClN5OS/c1-18-7-6-8-21(15-18)28-17-24-30-31-26(32(24)22-9-4-3-5-10-22)34-14-13-25(33)29-23-16-20(27)12-11-19(23)2/h3-12,15-16,28H,13-14,17H2,1-2H3,(H,29,33). The second-order valence-corrected chi connectivity index (χ2v) is 9.40. The number of rotatable bonds is 9. The first-order valence-corrected chi connectivity index (χ1v) is 12.3. The third-order valence-electron chi connectivity index (χ3n) is 5.22. The van der Waals surface area contributed by atoms with Gasteiger partial charge in [-0.25, -0.2) is 0 Å². The summed E-state index contributed by atoms with van der Waals surface area (Å²) >= 11 is 7.56. The Morgan fingerprint density at radius 1 is 1.00 bits per heavy atom. The minimum absolute atomic E-state index is 0.0648. The van der Waals surface area contributed by atoms with Crippen LogP contribution >= 0.6 is 23.4 Å². The first kappa shape index (κ1) is 23.9. The molecule has 0 atom stereocenters. The Labute approximate surface area is 208 Å². The number of para-hydroxylation sites is 1. The second-order valence-electron chi connectivity index (χ2n) is 7.90. The van der Waals surface area contributed by atoms with Gasteiger partial charge in [-0.3, -0.25) is 9.36 Å². The second kappa shape index (κ2) is 11.2. The number of carbonyl (C=O) groups excluding carboxylic acids is 1. The van der Waals surface area contributed by atoms with Gasteiger partial charge in [0, 0.05) is 34.3 Å². The molecule has 1 heterocycles. The molecule has 4 rings (SSSR count). The summed E-state index contributed by atoms with van der Waals surface area (Å²) < 4.78 is 2.03. The summed E-state index contributed by atoms with van der Waals surface area (Å²) in [5.74, 6) is 1.31. The summed E-state index contributed by atoms with van der Waals surface area (Å²) in [5, 5.41) is 16.6. The zero-order valence-corrected chi connectivity index (χ0v) is 20.7. The number of amides is 1. The van der Waals surface area contributed by atoms with Gasteiger partial charge < -0.3 is 10.6 Å². The van der Waals surface area contributed by atoms with Crippen LogP contribution in [0, 0.1) is 13.8 Å². The summed E-state index contributed by atoms with van der Waals surface area (Å²) in [5.41, 5.74) is 4.91. The number of aromatic nitrogens is 3. The number of halogens is 1. The number of carbonyl (C=O) groups is 1. The van der Waals surface area contributed by atoms with Gasteiger partial charge in [0.25, 0.3) is 0 Å². The van der Waals surface area contributed by atoms with Gasteiger partial charge in [-0.05, 0) is 61.4 Å². The lowest BCUT2D eigenvalue weighted by molar-refractivity contribution is -0.115. The predicted molar refractivity (Wildman–Crippen MR) is 140 cm³/mol. The highest BCUT2D eigenvalue weighted by Crippen LogP contribution is 2.24. The van der Waals surface area contributed by atoms with Gasteiger partial charge >= 0.3 is 0 Å². The van der Waals surface area contributed by atoms with Gasteiger partial charge in [-0.15, -0.1) is 10.2 Å². The van der Waals surface area contributed by atoms with E-state index in [2.05, 4.69) is 39.9 Å². The van der Waals surface area contributed by atoms with Crippen molar-refractivity contribution in [3.8, 4) is 5.69 Å². The number of hydrogen-bond donors (Lipinski definition) is 2. The molecule has 1 amide bonds. The summed E-state index contributed by atoms with van der Waals surface area (Å²) in [6, 6.07) is 23.7. The van der Waals surface area contributed by atoms with Gasteiger partial charge in [-0.2, -0.15) is 0 Å². The van der Waals surface area contributed by atoms with Gasteiger partial charge in [0.15, 0.2) is 11.0 Å². The number of nitrogens with one attached hydrogen (secondary N) is 2. The Morgan fingerprint density at radius 2 is 1.82 bits per heavy atom. The van der Waals surface area contributed by atoms with E-state index in [1.807, 2.05) is 66.1 Å². The van der Waals surface area contributed by atoms with Crippen LogP contribution in [0.5, 0.6) is 0 Å². The van der Waals surface area contributed by atoms with Crippen molar-refractivity contribution in [1.82, 2.24) is 14.8 Å². The van der Waals surface area contributed by atoms with E-state index in [0.29, 0.717) is 23.7 Å². The monoisotopic (exact) mass is 491 g/mol. The third kappa shape index (κ3) is 6.18. The van der Waals surface area contributed by atoms with E-state index >= 15 is 0 Å². The summed E-state index contributed by atoms with van der Waals surface area (Å²) in [4.78, 5) is 12.5. The minimum atomic E-state index is -0.0648. The Hall–Kier alpha value is -3.29. The minimum Gasteiger partial charge on any atom is -0.378 e. The molecule has 8 heteroatoms. The summed E-state index contributed by atoms with van der Waals surface area (Å²) in [7, 11) is 0. The number of aryl methyl sites for hydroxylation is 2. The molecule has 0 bridgehead atoms. The average molecular weight is 492 g/mol. The maximum atomic E-state index is 12.5. The third-order valence-corrected chi connectivity index (χ3v) is 6.38. The first-order valence-electron chi connectivity index (χ1n) is 11.0. The molecule has 3 aromatic carbocycles. The average Bonchev–Trinajstić information content (AvgIpc) is 3.23. The molecular weight excluding hydrogens is 466 g/mol. The topological polar surface area (TPSA) is 71.8 Å². The highest BCUT2D eigenvalue weighted by molar-refractivity contribution is 7.99. The predicted octanol–water partition coefficient (Wildman–Crippen LogP) is 6.27. The summed E-state index contributed by atoms with van der Waals surface area (Å²) in [6.45, 7) is 4.53. The van der Waals surface area contributed by atoms with Crippen LogP contribution in [-0.2, 0) is 11.3 Å². The fourth-order valence-electron chi connectivity index (χ4n) is 3.46. The van der Waals surface area contributed by atoms with Crippen LogP contribution < -0.4 is 10.6 Å². The molecule has 0 saturated heterocycles. The number of anilines is 2. The van der Waals surface area contributed by atoms with E-state index in [4.69, 9.17) is 11.6 Å². The van der Waals surface area contributed by atoms with Gasteiger partial charge in [0.1, 0.15) is 0 Å². The van der Waals surface area contributed by atoms with Crippen LogP contribution in [0.15, 0.2) is 78.0 Å². The Balaban J connectivity index is 1.44. The zero-order chi connectivity index (χ0) is 23.9. The van der Waals surface area contributed by atoms with Crippen molar-refractivity contribution in [2.24, 2.45) is 0 Å². The first-order chi connectivity index (χ1) is 16.5. The number of thioether (sulfide) groups is 1. The molecule has 0 aliphatic rings. The highest BCUT2D eigenvalue weighted by atomic mass is 35.5. The van der Waals surface area contributed by atoms with Crippen LogP contribution in [0.2, 0.25) is 5.02 Å². The van der Waals surface area contributed by atoms with Crippen molar-refractivity contribution in [3.63, 3.8) is 0 Å². The molecule has 0 fully saturated rings. The number of hydrogen-bond acceptors (Lipinski definition) is 5. The Morgan fingerprint density at radius 3 is 2.62 bits per heavy atom. The zero-order valence-electron chi connectivity index (χ0n) is 19.1. The van der Waals surface area contributed by atoms with E-state index in [-0.39, 0.29) is 5.91 Å². The molecule has 34 heavy (non-hydrogen) atoms. The molecule has 0 radical (unpaired) electrons. The lowest BCUT2D eigenvalue weighted by Gasteiger charge is -2.12. The van der Waals surface area contributed by atoms with Crippen LogP contribution in [0.1, 0.15) is 23.4 Å². The van der Waals surface area contributed by atoms with E-state index < -0.39 is 0 Å². The maximum absolute atomic E-state index is 12.5. The van der Waals surface area contributed by atoms with Gasteiger partial charge in [-0.1, -0.05) is 59.8 Å². The number of nitrogens with zero attached hydrogens (tertiary/aromatic N) is 3. The smallest absolute Gasteiger partial charge is 0.225 e. The van der Waals surface area contributed by atoms with E-state index in [0.717, 1.165) is 33.6 Å². The molecule has 2 N–H and O–H groups in total. The molecule has 0 saturated carbocycles. The molecule has 6 nitrogen and oxygen atoms in total. The molecule has 0 spiro atoms. The van der Waals surface area contributed by atoms with Crippen molar-refractivity contribution < 1.29 is 4.79 Å². The molecule has 0 aliphatic heterocycles. The molecular formula is C26H26ClN5OS. The molecule has 174 valence electrons. The largest absolute Gasteiger partial charge is 0.378 e. The molecule has 0 unspecified atom stereocenters. The van der Waals surface area contributed by atoms with Crippen molar-refractivity contribution in [1.29, 1.82) is 0 Å². The quantitative estimate of drug-likeness (QED) is 0.270. The van der Waals surface area contributed by atoms with Crippen molar-refractivity contribution in [2.45, 2.75) is 32.0 Å². The molecule has 1 aromatic heterocycles. The highest BCUT2D eigenvalue weighted by Gasteiger charge is 2.15. The fraction of sp³-hybridized carbons (Fsp3) is 0.192. The van der Waals surface area contributed by atoms with Crippen LogP contribution in [0.3, 0.4) is 0 Å².